The minimum atomic E-state index is -0.537. The van der Waals surface area contributed by atoms with Gasteiger partial charge in [0.25, 0.3) is 5.91 Å². The number of aromatic nitrogens is 2. The average Bonchev–Trinajstić information content (AvgIpc) is 2.86. The van der Waals surface area contributed by atoms with Crippen LogP contribution >= 0.6 is 11.6 Å². The summed E-state index contributed by atoms with van der Waals surface area (Å²) in [7, 11) is 2.01. The number of fused-ring (bicyclic) bond motifs is 1. The Morgan fingerprint density at radius 2 is 2.18 bits per heavy atom. The van der Waals surface area contributed by atoms with Gasteiger partial charge in [0.05, 0.1) is 11.3 Å². The standard InChI is InChI=1S/C16H15ClN4O/c1-21-5-4-11-6-10(2-3-14(11)21)8-19-13-7-15(17)20-9-12(13)16(18)22/h2-7,9H,8H2,1H3,(H2,18,22)(H,19,20). The summed E-state index contributed by atoms with van der Waals surface area (Å²) in [6.07, 6.45) is 3.41. The first kappa shape index (κ1) is 14.4. The normalized spacial score (nSPS) is 10.8. The van der Waals surface area contributed by atoms with Crippen molar-refractivity contribution in [1.82, 2.24) is 9.55 Å². The lowest BCUT2D eigenvalue weighted by Crippen LogP contribution is -2.15. The summed E-state index contributed by atoms with van der Waals surface area (Å²) in [6, 6.07) is 9.89. The molecule has 0 aliphatic heterocycles. The van der Waals surface area contributed by atoms with E-state index in [2.05, 4.69) is 33.1 Å². The lowest BCUT2D eigenvalue weighted by molar-refractivity contribution is 0.100. The van der Waals surface area contributed by atoms with Crippen LogP contribution in [0, 0.1) is 0 Å². The zero-order valence-electron chi connectivity index (χ0n) is 12.0. The molecule has 3 rings (SSSR count). The van der Waals surface area contributed by atoms with Crippen LogP contribution in [0.2, 0.25) is 5.15 Å². The van der Waals surface area contributed by atoms with Gasteiger partial charge >= 0.3 is 0 Å². The Morgan fingerprint density at radius 1 is 1.36 bits per heavy atom. The number of nitrogens with two attached hydrogens (primary N) is 1. The van der Waals surface area contributed by atoms with Crippen LogP contribution in [-0.4, -0.2) is 15.5 Å². The van der Waals surface area contributed by atoms with E-state index in [0.29, 0.717) is 22.9 Å². The lowest BCUT2D eigenvalue weighted by Gasteiger charge is -2.10. The minimum Gasteiger partial charge on any atom is -0.380 e. The van der Waals surface area contributed by atoms with Crippen LogP contribution in [-0.2, 0) is 13.6 Å². The first-order valence-corrected chi connectivity index (χ1v) is 7.15. The zero-order chi connectivity index (χ0) is 15.7. The fraction of sp³-hybridized carbons (Fsp3) is 0.125. The summed E-state index contributed by atoms with van der Waals surface area (Å²) in [6.45, 7) is 0.561. The second kappa shape index (κ2) is 5.69. The smallest absolute Gasteiger partial charge is 0.252 e. The van der Waals surface area contributed by atoms with E-state index < -0.39 is 5.91 Å². The van der Waals surface area contributed by atoms with E-state index in [1.807, 2.05) is 19.3 Å². The maximum Gasteiger partial charge on any atom is 0.252 e. The molecule has 0 radical (unpaired) electrons. The Hall–Kier alpha value is -2.53. The van der Waals surface area contributed by atoms with Crippen LogP contribution in [0.25, 0.3) is 10.9 Å². The van der Waals surface area contributed by atoms with Crippen LogP contribution in [0.4, 0.5) is 5.69 Å². The highest BCUT2D eigenvalue weighted by Gasteiger charge is 2.09. The fourth-order valence-electron chi connectivity index (χ4n) is 2.41. The summed E-state index contributed by atoms with van der Waals surface area (Å²) in [5.41, 5.74) is 8.53. The van der Waals surface area contributed by atoms with Crippen LogP contribution in [0.1, 0.15) is 15.9 Å². The van der Waals surface area contributed by atoms with Crippen molar-refractivity contribution in [2.24, 2.45) is 12.8 Å². The molecule has 0 spiro atoms. The molecule has 0 fully saturated rings. The van der Waals surface area contributed by atoms with Crippen molar-refractivity contribution in [3.05, 3.63) is 59.0 Å². The molecule has 1 aromatic carbocycles. The number of carbonyl (C=O) groups is 1. The molecule has 22 heavy (non-hydrogen) atoms. The highest BCUT2D eigenvalue weighted by molar-refractivity contribution is 6.29. The van der Waals surface area contributed by atoms with Crippen LogP contribution in [0.15, 0.2) is 42.7 Å². The van der Waals surface area contributed by atoms with E-state index in [0.717, 1.165) is 5.56 Å². The molecule has 0 bridgehead atoms. The number of primary amides is 1. The first-order valence-electron chi connectivity index (χ1n) is 6.78. The van der Waals surface area contributed by atoms with Gasteiger partial charge in [-0.3, -0.25) is 4.79 Å². The fourth-order valence-corrected chi connectivity index (χ4v) is 2.57. The molecule has 5 nitrogen and oxygen atoms in total. The molecule has 6 heteroatoms. The van der Waals surface area contributed by atoms with Gasteiger partial charge in [-0.15, -0.1) is 0 Å². The third-order valence-corrected chi connectivity index (χ3v) is 3.78. The topological polar surface area (TPSA) is 72.9 Å². The van der Waals surface area contributed by atoms with E-state index in [9.17, 15) is 4.79 Å². The third kappa shape index (κ3) is 2.76. The predicted octanol–water partition coefficient (Wildman–Crippen LogP) is 2.94. The van der Waals surface area contributed by atoms with Gasteiger partial charge in [-0.1, -0.05) is 17.7 Å². The number of carbonyl (C=O) groups excluding carboxylic acids is 1. The SMILES string of the molecule is Cn1ccc2cc(CNc3cc(Cl)ncc3C(N)=O)ccc21. The Balaban J connectivity index is 1.84. The number of benzene rings is 1. The molecule has 0 aliphatic carbocycles. The molecule has 2 heterocycles. The summed E-state index contributed by atoms with van der Waals surface area (Å²) in [5, 5.41) is 4.67. The van der Waals surface area contributed by atoms with E-state index in [1.165, 1.54) is 17.1 Å². The van der Waals surface area contributed by atoms with Gasteiger partial charge in [-0.25, -0.2) is 4.98 Å². The van der Waals surface area contributed by atoms with E-state index in [1.54, 1.807) is 6.07 Å². The number of hydrogen-bond acceptors (Lipinski definition) is 3. The molecule has 2 aromatic heterocycles. The van der Waals surface area contributed by atoms with Crippen LogP contribution in [0.3, 0.4) is 0 Å². The van der Waals surface area contributed by atoms with Gasteiger partial charge in [0.2, 0.25) is 0 Å². The van der Waals surface area contributed by atoms with Crippen molar-refractivity contribution >= 4 is 34.1 Å². The van der Waals surface area contributed by atoms with Crippen molar-refractivity contribution in [2.75, 3.05) is 5.32 Å². The molecule has 3 aromatic rings. The highest BCUT2D eigenvalue weighted by atomic mass is 35.5. The molecule has 0 saturated heterocycles. The Bertz CT molecular complexity index is 856. The Kier molecular flexibility index (Phi) is 3.73. The highest BCUT2D eigenvalue weighted by Crippen LogP contribution is 2.21. The summed E-state index contributed by atoms with van der Waals surface area (Å²) in [5.74, 6) is -0.537. The van der Waals surface area contributed by atoms with Crippen molar-refractivity contribution in [3.8, 4) is 0 Å². The molecule has 0 saturated carbocycles. The largest absolute Gasteiger partial charge is 0.380 e. The number of pyridine rings is 1. The number of anilines is 1. The maximum absolute atomic E-state index is 11.4. The van der Waals surface area contributed by atoms with Gasteiger partial charge in [-0.05, 0) is 35.2 Å². The number of nitrogens with zero attached hydrogens (tertiary/aromatic N) is 2. The number of rotatable bonds is 4. The summed E-state index contributed by atoms with van der Waals surface area (Å²) < 4.78 is 2.07. The zero-order valence-corrected chi connectivity index (χ0v) is 12.8. The number of amides is 1. The Morgan fingerprint density at radius 3 is 2.95 bits per heavy atom. The first-order chi connectivity index (χ1) is 10.5. The number of aryl methyl sites for hydroxylation is 1. The van der Waals surface area contributed by atoms with Gasteiger partial charge in [0.15, 0.2) is 0 Å². The number of nitrogens with one attached hydrogen (secondary N) is 1. The third-order valence-electron chi connectivity index (χ3n) is 3.57. The van der Waals surface area contributed by atoms with Crippen molar-refractivity contribution in [1.29, 1.82) is 0 Å². The second-order valence-corrected chi connectivity index (χ2v) is 5.48. The van der Waals surface area contributed by atoms with Gasteiger partial charge in [0.1, 0.15) is 5.15 Å². The number of halogens is 1. The quantitative estimate of drug-likeness (QED) is 0.727. The monoisotopic (exact) mass is 314 g/mol. The molecular weight excluding hydrogens is 300 g/mol. The van der Waals surface area contributed by atoms with Gasteiger partial charge in [-0.2, -0.15) is 0 Å². The molecule has 0 unspecified atom stereocenters. The molecule has 112 valence electrons. The predicted molar refractivity (Wildman–Crippen MR) is 88.0 cm³/mol. The molecular formula is C16H15ClN4O. The Labute approximate surface area is 132 Å². The van der Waals surface area contributed by atoms with Crippen molar-refractivity contribution in [3.63, 3.8) is 0 Å². The summed E-state index contributed by atoms with van der Waals surface area (Å²) >= 11 is 5.88. The van der Waals surface area contributed by atoms with E-state index in [4.69, 9.17) is 17.3 Å². The second-order valence-electron chi connectivity index (χ2n) is 5.09. The van der Waals surface area contributed by atoms with Crippen molar-refractivity contribution in [2.45, 2.75) is 6.54 Å². The van der Waals surface area contributed by atoms with Gasteiger partial charge < -0.3 is 15.6 Å². The molecule has 0 atom stereocenters. The number of hydrogen-bond donors (Lipinski definition) is 2. The van der Waals surface area contributed by atoms with Crippen molar-refractivity contribution < 1.29 is 4.79 Å². The average molecular weight is 315 g/mol. The van der Waals surface area contributed by atoms with Crippen LogP contribution < -0.4 is 11.1 Å². The molecule has 0 aliphatic rings. The minimum absolute atomic E-state index is 0.311. The van der Waals surface area contributed by atoms with E-state index >= 15 is 0 Å². The maximum atomic E-state index is 11.4. The lowest BCUT2D eigenvalue weighted by atomic mass is 10.1. The molecule has 1 amide bonds. The van der Waals surface area contributed by atoms with E-state index in [-0.39, 0.29) is 0 Å². The molecule has 3 N–H and O–H groups in total. The van der Waals surface area contributed by atoms with Crippen LogP contribution in [0.5, 0.6) is 0 Å². The summed E-state index contributed by atoms with van der Waals surface area (Å²) in [4.78, 5) is 15.3. The van der Waals surface area contributed by atoms with Gasteiger partial charge in [0, 0.05) is 31.5 Å².